The SMILES string of the molecule is O=C(c1cncnc1)N1CCCCC1CCCl. The summed E-state index contributed by atoms with van der Waals surface area (Å²) in [6.45, 7) is 0.815. The van der Waals surface area contributed by atoms with Gasteiger partial charge in [-0.25, -0.2) is 9.97 Å². The van der Waals surface area contributed by atoms with Gasteiger partial charge in [-0.1, -0.05) is 0 Å². The van der Waals surface area contributed by atoms with Crippen molar-refractivity contribution in [2.75, 3.05) is 12.4 Å². The van der Waals surface area contributed by atoms with Crippen LogP contribution >= 0.6 is 11.6 Å². The van der Waals surface area contributed by atoms with Crippen LogP contribution in [0.1, 0.15) is 36.0 Å². The average Bonchev–Trinajstić information content (AvgIpc) is 2.40. The first-order valence-electron chi connectivity index (χ1n) is 5.95. The van der Waals surface area contributed by atoms with E-state index in [9.17, 15) is 4.79 Å². The quantitative estimate of drug-likeness (QED) is 0.775. The molecule has 0 N–H and O–H groups in total. The van der Waals surface area contributed by atoms with Crippen LogP contribution in [0.5, 0.6) is 0 Å². The largest absolute Gasteiger partial charge is 0.336 e. The molecule has 1 aliphatic heterocycles. The third-order valence-corrected chi connectivity index (χ3v) is 3.36. The molecule has 2 rings (SSSR count). The number of alkyl halides is 1. The summed E-state index contributed by atoms with van der Waals surface area (Å²) in [6, 6.07) is 0.272. The normalized spacial score (nSPS) is 20.3. The van der Waals surface area contributed by atoms with Crippen LogP contribution in [0, 0.1) is 0 Å². The Labute approximate surface area is 106 Å². The fourth-order valence-corrected chi connectivity index (χ4v) is 2.52. The van der Waals surface area contributed by atoms with Crippen molar-refractivity contribution in [2.24, 2.45) is 0 Å². The molecule has 0 radical (unpaired) electrons. The van der Waals surface area contributed by atoms with Crippen molar-refractivity contribution in [3.8, 4) is 0 Å². The van der Waals surface area contributed by atoms with Crippen molar-refractivity contribution in [3.63, 3.8) is 0 Å². The van der Waals surface area contributed by atoms with Crippen LogP contribution < -0.4 is 0 Å². The van der Waals surface area contributed by atoms with Crippen molar-refractivity contribution in [1.82, 2.24) is 14.9 Å². The summed E-state index contributed by atoms with van der Waals surface area (Å²) in [5.74, 6) is 0.625. The maximum atomic E-state index is 12.3. The van der Waals surface area contributed by atoms with Gasteiger partial charge >= 0.3 is 0 Å². The van der Waals surface area contributed by atoms with Crippen molar-refractivity contribution in [1.29, 1.82) is 0 Å². The second-order valence-electron chi connectivity index (χ2n) is 4.25. The number of amides is 1. The molecule has 0 spiro atoms. The summed E-state index contributed by atoms with van der Waals surface area (Å²) < 4.78 is 0. The molecule has 1 aromatic heterocycles. The summed E-state index contributed by atoms with van der Waals surface area (Å²) in [5, 5.41) is 0. The van der Waals surface area contributed by atoms with Gasteiger partial charge in [0.1, 0.15) is 6.33 Å². The summed E-state index contributed by atoms with van der Waals surface area (Å²) in [7, 11) is 0. The van der Waals surface area contributed by atoms with Gasteiger partial charge in [0, 0.05) is 30.9 Å². The first-order valence-corrected chi connectivity index (χ1v) is 6.48. The highest BCUT2D eigenvalue weighted by atomic mass is 35.5. The highest BCUT2D eigenvalue weighted by Gasteiger charge is 2.27. The summed E-state index contributed by atoms with van der Waals surface area (Å²) in [5.41, 5.74) is 0.564. The predicted octanol–water partition coefficient (Wildman–Crippen LogP) is 2.10. The van der Waals surface area contributed by atoms with Crippen LogP contribution in [0.25, 0.3) is 0 Å². The molecule has 1 aliphatic rings. The fraction of sp³-hybridized carbons (Fsp3) is 0.583. The Balaban J connectivity index is 2.11. The standard InChI is InChI=1S/C12H16ClN3O/c13-5-4-11-3-1-2-6-16(11)12(17)10-7-14-9-15-8-10/h7-9,11H,1-6H2. The van der Waals surface area contributed by atoms with Crippen LogP contribution in [-0.2, 0) is 0 Å². The molecule has 5 heteroatoms. The minimum Gasteiger partial charge on any atom is -0.336 e. The minimum atomic E-state index is 0.0282. The number of hydrogen-bond acceptors (Lipinski definition) is 3. The van der Waals surface area contributed by atoms with Crippen molar-refractivity contribution < 1.29 is 4.79 Å². The van der Waals surface area contributed by atoms with E-state index in [0.717, 1.165) is 25.8 Å². The molecule has 4 nitrogen and oxygen atoms in total. The van der Waals surface area contributed by atoms with Crippen LogP contribution in [-0.4, -0.2) is 39.2 Å². The molecule has 1 atom stereocenters. The van der Waals surface area contributed by atoms with Gasteiger partial charge in [-0.2, -0.15) is 0 Å². The first-order chi connectivity index (χ1) is 8.33. The fourth-order valence-electron chi connectivity index (χ4n) is 2.27. The summed E-state index contributed by atoms with van der Waals surface area (Å²) in [6.07, 6.45) is 8.73. The van der Waals surface area contributed by atoms with E-state index in [0.29, 0.717) is 11.4 Å². The number of nitrogens with zero attached hydrogens (tertiary/aromatic N) is 3. The Morgan fingerprint density at radius 3 is 2.88 bits per heavy atom. The van der Waals surface area contributed by atoms with Gasteiger partial charge in [-0.15, -0.1) is 11.6 Å². The number of piperidine rings is 1. The minimum absolute atomic E-state index is 0.0282. The van der Waals surface area contributed by atoms with Crippen molar-refractivity contribution in [2.45, 2.75) is 31.7 Å². The highest BCUT2D eigenvalue weighted by Crippen LogP contribution is 2.21. The molecule has 0 aromatic carbocycles. The van der Waals surface area contributed by atoms with Crippen LogP contribution in [0.4, 0.5) is 0 Å². The van der Waals surface area contributed by atoms with E-state index in [4.69, 9.17) is 11.6 Å². The van der Waals surface area contributed by atoms with Crippen LogP contribution in [0.15, 0.2) is 18.7 Å². The monoisotopic (exact) mass is 253 g/mol. The van der Waals surface area contributed by atoms with Gasteiger partial charge in [0.05, 0.1) is 5.56 Å². The maximum Gasteiger partial charge on any atom is 0.257 e. The van der Waals surface area contributed by atoms with Gasteiger partial charge < -0.3 is 4.90 Å². The van der Waals surface area contributed by atoms with Gasteiger partial charge in [-0.05, 0) is 25.7 Å². The van der Waals surface area contributed by atoms with Gasteiger partial charge in [-0.3, -0.25) is 4.79 Å². The molecule has 0 aliphatic carbocycles. The second-order valence-corrected chi connectivity index (χ2v) is 4.63. The lowest BCUT2D eigenvalue weighted by Crippen LogP contribution is -2.44. The zero-order valence-electron chi connectivity index (χ0n) is 9.68. The molecule has 92 valence electrons. The third-order valence-electron chi connectivity index (χ3n) is 3.14. The molecular formula is C12H16ClN3O. The number of rotatable bonds is 3. The van der Waals surface area contributed by atoms with Gasteiger partial charge in [0.25, 0.3) is 5.91 Å². The Morgan fingerprint density at radius 2 is 2.18 bits per heavy atom. The lowest BCUT2D eigenvalue weighted by molar-refractivity contribution is 0.0608. The number of hydrogen-bond donors (Lipinski definition) is 0. The Hall–Kier alpha value is -1.16. The van der Waals surface area contributed by atoms with E-state index in [2.05, 4.69) is 9.97 Å². The molecule has 0 saturated carbocycles. The van der Waals surface area contributed by atoms with E-state index >= 15 is 0 Å². The molecular weight excluding hydrogens is 238 g/mol. The molecule has 2 heterocycles. The number of halogens is 1. The van der Waals surface area contributed by atoms with Gasteiger partial charge in [0.15, 0.2) is 0 Å². The van der Waals surface area contributed by atoms with Crippen LogP contribution in [0.2, 0.25) is 0 Å². The smallest absolute Gasteiger partial charge is 0.257 e. The maximum absolute atomic E-state index is 12.3. The topological polar surface area (TPSA) is 46.1 Å². The summed E-state index contributed by atoms with van der Waals surface area (Å²) in [4.78, 5) is 22.0. The number of likely N-dealkylation sites (tertiary alicyclic amines) is 1. The highest BCUT2D eigenvalue weighted by molar-refractivity contribution is 6.17. The van der Waals surface area contributed by atoms with E-state index in [1.165, 1.54) is 12.7 Å². The first kappa shape index (κ1) is 12.3. The van der Waals surface area contributed by atoms with E-state index in [1.807, 2.05) is 4.90 Å². The third kappa shape index (κ3) is 2.94. The molecule has 1 saturated heterocycles. The van der Waals surface area contributed by atoms with Crippen molar-refractivity contribution in [3.05, 3.63) is 24.3 Å². The molecule has 17 heavy (non-hydrogen) atoms. The molecule has 1 unspecified atom stereocenters. The predicted molar refractivity (Wildman–Crippen MR) is 66.0 cm³/mol. The second kappa shape index (κ2) is 5.96. The Morgan fingerprint density at radius 1 is 1.41 bits per heavy atom. The molecule has 1 aromatic rings. The molecule has 1 amide bonds. The number of carbonyl (C=O) groups is 1. The molecule has 0 bridgehead atoms. The number of carbonyl (C=O) groups excluding carboxylic acids is 1. The number of aromatic nitrogens is 2. The Kier molecular flexibility index (Phi) is 4.31. The van der Waals surface area contributed by atoms with E-state index in [1.54, 1.807) is 12.4 Å². The lowest BCUT2D eigenvalue weighted by Gasteiger charge is -2.35. The van der Waals surface area contributed by atoms with Crippen molar-refractivity contribution >= 4 is 17.5 Å². The average molecular weight is 254 g/mol. The van der Waals surface area contributed by atoms with Crippen LogP contribution in [0.3, 0.4) is 0 Å². The van der Waals surface area contributed by atoms with Gasteiger partial charge in [0.2, 0.25) is 0 Å². The Bertz CT molecular complexity index is 369. The zero-order valence-corrected chi connectivity index (χ0v) is 10.4. The summed E-state index contributed by atoms with van der Waals surface area (Å²) >= 11 is 5.79. The lowest BCUT2D eigenvalue weighted by atomic mass is 9.99. The zero-order chi connectivity index (χ0) is 12.1. The van der Waals surface area contributed by atoms with E-state index < -0.39 is 0 Å². The van der Waals surface area contributed by atoms with E-state index in [-0.39, 0.29) is 11.9 Å². The molecule has 1 fully saturated rings.